The summed E-state index contributed by atoms with van der Waals surface area (Å²) in [5, 5.41) is 0. The lowest BCUT2D eigenvalue weighted by molar-refractivity contribution is 0.0767. The fourth-order valence-electron chi connectivity index (χ4n) is 5.30. The fraction of sp³-hybridized carbons (Fsp3) is 0.257. The van der Waals surface area contributed by atoms with E-state index in [9.17, 15) is 18.0 Å². The van der Waals surface area contributed by atoms with Crippen molar-refractivity contribution in [2.75, 3.05) is 45.6 Å². The van der Waals surface area contributed by atoms with Crippen LogP contribution in [0.4, 0.5) is 5.69 Å². The molecular formula is C35H37N3O7S. The summed E-state index contributed by atoms with van der Waals surface area (Å²) >= 11 is 0. The molecule has 4 aromatic carbocycles. The van der Waals surface area contributed by atoms with Crippen LogP contribution in [0, 0.1) is 0 Å². The number of para-hydroxylation sites is 1. The van der Waals surface area contributed by atoms with E-state index in [-0.39, 0.29) is 28.6 Å². The maximum atomic E-state index is 13.7. The Morgan fingerprint density at radius 2 is 1.67 bits per heavy atom. The first-order valence-electron chi connectivity index (χ1n) is 14.9. The number of methoxy groups -OCH3 is 1. The Morgan fingerprint density at radius 1 is 0.913 bits per heavy atom. The Balaban J connectivity index is 1.31. The molecule has 0 aliphatic carbocycles. The van der Waals surface area contributed by atoms with E-state index in [2.05, 4.69) is 4.72 Å². The molecule has 240 valence electrons. The third-order valence-corrected chi connectivity index (χ3v) is 8.94. The van der Waals surface area contributed by atoms with Crippen molar-refractivity contribution >= 4 is 27.5 Å². The highest BCUT2D eigenvalue weighted by atomic mass is 32.2. The summed E-state index contributed by atoms with van der Waals surface area (Å²) in [6, 6.07) is 25.7. The summed E-state index contributed by atoms with van der Waals surface area (Å²) in [6.45, 7) is 3.25. The van der Waals surface area contributed by atoms with Gasteiger partial charge in [-0.2, -0.15) is 0 Å². The number of sulfonamides is 1. The molecule has 11 heteroatoms. The number of ether oxygens (including phenoxy) is 3. The fourth-order valence-corrected chi connectivity index (χ4v) is 6.54. The van der Waals surface area contributed by atoms with E-state index in [4.69, 9.17) is 14.2 Å². The molecule has 1 N–H and O–H groups in total. The van der Waals surface area contributed by atoms with Crippen LogP contribution in [0.15, 0.2) is 95.9 Å². The van der Waals surface area contributed by atoms with E-state index < -0.39 is 10.0 Å². The number of hydrogen-bond acceptors (Lipinski definition) is 7. The first-order valence-corrected chi connectivity index (χ1v) is 16.4. The average Bonchev–Trinajstić information content (AvgIpc) is 3.52. The van der Waals surface area contributed by atoms with Crippen molar-refractivity contribution in [3.8, 4) is 28.4 Å². The van der Waals surface area contributed by atoms with Crippen molar-refractivity contribution in [1.82, 2.24) is 9.80 Å². The second kappa shape index (κ2) is 13.9. The first kappa shape index (κ1) is 32.4. The maximum Gasteiger partial charge on any atom is 0.265 e. The predicted molar refractivity (Wildman–Crippen MR) is 176 cm³/mol. The molecule has 0 aromatic heterocycles. The van der Waals surface area contributed by atoms with Crippen LogP contribution in [0.2, 0.25) is 0 Å². The van der Waals surface area contributed by atoms with E-state index >= 15 is 0 Å². The van der Waals surface area contributed by atoms with Crippen molar-refractivity contribution in [2.45, 2.75) is 24.3 Å². The highest BCUT2D eigenvalue weighted by Gasteiger charge is 2.30. The number of carbonyl (C=O) groups is 2. The summed E-state index contributed by atoms with van der Waals surface area (Å²) < 4.78 is 47.2. The summed E-state index contributed by atoms with van der Waals surface area (Å²) in [6.07, 6.45) is 0.367. The largest absolute Gasteiger partial charge is 0.495 e. The quantitative estimate of drug-likeness (QED) is 0.228. The van der Waals surface area contributed by atoms with E-state index in [1.807, 2.05) is 25.1 Å². The number of carbonyl (C=O) groups excluding carboxylic acids is 2. The van der Waals surface area contributed by atoms with Gasteiger partial charge in [-0.15, -0.1) is 0 Å². The van der Waals surface area contributed by atoms with Gasteiger partial charge in [-0.3, -0.25) is 14.3 Å². The van der Waals surface area contributed by atoms with Crippen LogP contribution >= 0.6 is 0 Å². The van der Waals surface area contributed by atoms with Gasteiger partial charge in [0.15, 0.2) is 0 Å². The lowest BCUT2D eigenvalue weighted by Gasteiger charge is -2.19. The van der Waals surface area contributed by atoms with Crippen LogP contribution in [0.3, 0.4) is 0 Å². The predicted octanol–water partition coefficient (Wildman–Crippen LogP) is 5.56. The van der Waals surface area contributed by atoms with E-state index in [0.29, 0.717) is 65.6 Å². The van der Waals surface area contributed by atoms with E-state index in [1.54, 1.807) is 85.7 Å². The number of anilines is 1. The van der Waals surface area contributed by atoms with Gasteiger partial charge in [0.2, 0.25) is 0 Å². The number of benzene rings is 4. The molecule has 1 aliphatic heterocycles. The van der Waals surface area contributed by atoms with Gasteiger partial charge in [0.05, 0.1) is 31.5 Å². The van der Waals surface area contributed by atoms with Crippen molar-refractivity contribution < 1.29 is 32.2 Å². The minimum absolute atomic E-state index is 0.0551. The topological polar surface area (TPSA) is 114 Å². The summed E-state index contributed by atoms with van der Waals surface area (Å²) in [5.74, 6) is 0.914. The van der Waals surface area contributed by atoms with Crippen LogP contribution in [0.5, 0.6) is 17.2 Å². The molecule has 4 aromatic rings. The van der Waals surface area contributed by atoms with Crippen molar-refractivity contribution in [1.29, 1.82) is 0 Å². The molecule has 0 spiro atoms. The Bertz CT molecular complexity index is 1840. The second-order valence-corrected chi connectivity index (χ2v) is 12.6. The molecule has 2 amide bonds. The van der Waals surface area contributed by atoms with Gasteiger partial charge in [0, 0.05) is 38.7 Å². The lowest BCUT2D eigenvalue weighted by atomic mass is 10.0. The van der Waals surface area contributed by atoms with Crippen molar-refractivity contribution in [3.05, 3.63) is 102 Å². The van der Waals surface area contributed by atoms with Gasteiger partial charge in [0.1, 0.15) is 28.2 Å². The second-order valence-electron chi connectivity index (χ2n) is 11.0. The van der Waals surface area contributed by atoms with Gasteiger partial charge >= 0.3 is 0 Å². The number of amides is 2. The minimum Gasteiger partial charge on any atom is -0.495 e. The van der Waals surface area contributed by atoms with Gasteiger partial charge in [0.25, 0.3) is 21.8 Å². The zero-order valence-corrected chi connectivity index (χ0v) is 27.0. The maximum absolute atomic E-state index is 13.7. The Kier molecular flexibility index (Phi) is 9.81. The molecule has 0 unspecified atom stereocenters. The summed E-state index contributed by atoms with van der Waals surface area (Å²) in [4.78, 5) is 28.9. The summed E-state index contributed by atoms with van der Waals surface area (Å²) in [5.41, 5.74) is 2.60. The molecule has 10 nitrogen and oxygen atoms in total. The highest BCUT2D eigenvalue weighted by molar-refractivity contribution is 7.92. The molecule has 0 saturated carbocycles. The molecule has 1 heterocycles. The Hall–Kier alpha value is -5.03. The van der Waals surface area contributed by atoms with Gasteiger partial charge in [-0.05, 0) is 66.6 Å². The van der Waals surface area contributed by atoms with Crippen LogP contribution < -0.4 is 18.9 Å². The standard InChI is InChI=1S/C35H37N3O7S/c1-5-44-31-15-7-6-14-30(31)35(40)38-19-18-29(23-38)45-28-13-9-12-27(22-28)36-46(41,42)33-21-25(16-17-32(33)43-4)24-10-8-11-26(20-24)34(39)37(2)3/h6-17,20-22,29,36H,5,18-19,23H2,1-4H3/t29-/m0/s1. The monoisotopic (exact) mass is 643 g/mol. The normalized spacial score (nSPS) is 14.4. The third kappa shape index (κ3) is 7.26. The third-order valence-electron chi connectivity index (χ3n) is 7.54. The van der Waals surface area contributed by atoms with Crippen LogP contribution in [0.1, 0.15) is 34.1 Å². The highest BCUT2D eigenvalue weighted by Crippen LogP contribution is 2.33. The number of nitrogens with zero attached hydrogens (tertiary/aromatic N) is 2. The number of rotatable bonds is 11. The van der Waals surface area contributed by atoms with Crippen LogP contribution in [0.25, 0.3) is 11.1 Å². The van der Waals surface area contributed by atoms with Crippen molar-refractivity contribution in [2.24, 2.45) is 0 Å². The lowest BCUT2D eigenvalue weighted by Crippen LogP contribution is -2.31. The van der Waals surface area contributed by atoms with Crippen LogP contribution in [-0.4, -0.2) is 77.0 Å². The molecular weight excluding hydrogens is 606 g/mol. The molecule has 1 atom stereocenters. The van der Waals surface area contributed by atoms with E-state index in [1.165, 1.54) is 18.1 Å². The molecule has 1 fully saturated rings. The van der Waals surface area contributed by atoms with Gasteiger partial charge in [-0.25, -0.2) is 8.42 Å². The minimum atomic E-state index is -4.10. The molecule has 1 saturated heterocycles. The number of likely N-dealkylation sites (tertiary alicyclic amines) is 1. The van der Waals surface area contributed by atoms with Gasteiger partial charge in [-0.1, -0.05) is 36.4 Å². The van der Waals surface area contributed by atoms with Crippen molar-refractivity contribution in [3.63, 3.8) is 0 Å². The smallest absolute Gasteiger partial charge is 0.265 e. The SMILES string of the molecule is CCOc1ccccc1C(=O)N1CC[C@H](Oc2cccc(NS(=O)(=O)c3cc(-c4cccc(C(=O)N(C)C)c4)ccc3OC)c2)C1. The average molecular weight is 644 g/mol. The number of hydrogen-bond donors (Lipinski definition) is 1. The zero-order chi connectivity index (χ0) is 32.8. The number of nitrogens with one attached hydrogen (secondary N) is 1. The van der Waals surface area contributed by atoms with Gasteiger partial charge < -0.3 is 24.0 Å². The first-order chi connectivity index (χ1) is 22.1. The van der Waals surface area contributed by atoms with Crippen LogP contribution in [-0.2, 0) is 10.0 Å². The van der Waals surface area contributed by atoms with E-state index in [0.717, 1.165) is 0 Å². The Morgan fingerprint density at radius 3 is 2.43 bits per heavy atom. The molecule has 0 bridgehead atoms. The summed E-state index contributed by atoms with van der Waals surface area (Å²) in [7, 11) is 0.653. The molecule has 1 aliphatic rings. The molecule has 0 radical (unpaired) electrons. The zero-order valence-electron chi connectivity index (χ0n) is 26.2. The molecule has 46 heavy (non-hydrogen) atoms. The Labute approximate surface area is 269 Å². The molecule has 5 rings (SSSR count).